The van der Waals surface area contributed by atoms with Gasteiger partial charge in [-0.2, -0.15) is 22.5 Å². The minimum Gasteiger partial charge on any atom is -0.337 e. The fourth-order valence-electron chi connectivity index (χ4n) is 3.72. The number of aromatic nitrogens is 2. The van der Waals surface area contributed by atoms with E-state index in [0.29, 0.717) is 36.2 Å². The predicted octanol–water partition coefficient (Wildman–Crippen LogP) is 4.27. The van der Waals surface area contributed by atoms with Crippen LogP contribution in [0.1, 0.15) is 30.0 Å². The summed E-state index contributed by atoms with van der Waals surface area (Å²) in [4.78, 5) is 5.89. The highest BCUT2D eigenvalue weighted by Gasteiger charge is 2.35. The van der Waals surface area contributed by atoms with Crippen LogP contribution in [0, 0.1) is 12.7 Å². The Balaban J connectivity index is 1.44. The Labute approximate surface area is 194 Å². The van der Waals surface area contributed by atoms with E-state index in [0.717, 1.165) is 18.2 Å². The lowest BCUT2D eigenvalue weighted by atomic mass is 10.1. The monoisotopic (exact) mass is 498 g/mol. The van der Waals surface area contributed by atoms with Crippen LogP contribution in [-0.4, -0.2) is 53.9 Å². The molecule has 182 valence electrons. The zero-order chi connectivity index (χ0) is 24.7. The Hall–Kier alpha value is -2.83. The first-order valence-corrected chi connectivity index (χ1v) is 11.9. The zero-order valence-corrected chi connectivity index (χ0v) is 19.2. The molecule has 0 N–H and O–H groups in total. The third kappa shape index (κ3) is 4.84. The lowest BCUT2D eigenvalue weighted by molar-refractivity contribution is -0.137. The molecular weight excluding hydrogens is 476 g/mol. The molecule has 0 amide bonds. The molecule has 2 aromatic carbocycles. The molecular formula is C22H22F4N4O3S. The SMILES string of the molecule is Cc1ccc(-c2noc([C@@H](C)N3CCN(S(=O)(=O)c4cccc(C(F)(F)F)c4)CC3)n2)cc1F. The molecule has 1 saturated heterocycles. The third-order valence-corrected chi connectivity index (χ3v) is 7.74. The van der Waals surface area contributed by atoms with Crippen LogP contribution in [0.3, 0.4) is 0 Å². The molecule has 0 radical (unpaired) electrons. The normalized spacial score (nSPS) is 17.1. The van der Waals surface area contributed by atoms with Gasteiger partial charge in [-0.05, 0) is 43.7 Å². The highest BCUT2D eigenvalue weighted by Crippen LogP contribution is 2.32. The number of nitrogens with zero attached hydrogens (tertiary/aromatic N) is 4. The van der Waals surface area contributed by atoms with E-state index in [4.69, 9.17) is 4.52 Å². The number of alkyl halides is 3. The van der Waals surface area contributed by atoms with Gasteiger partial charge in [0.15, 0.2) is 0 Å². The fraction of sp³-hybridized carbons (Fsp3) is 0.364. The van der Waals surface area contributed by atoms with Crippen molar-refractivity contribution in [2.24, 2.45) is 0 Å². The van der Waals surface area contributed by atoms with Crippen LogP contribution in [0.25, 0.3) is 11.4 Å². The zero-order valence-electron chi connectivity index (χ0n) is 18.4. The number of piperazine rings is 1. The molecule has 7 nitrogen and oxygen atoms in total. The molecule has 1 aliphatic heterocycles. The molecule has 1 atom stereocenters. The van der Waals surface area contributed by atoms with Crippen molar-refractivity contribution >= 4 is 10.0 Å². The van der Waals surface area contributed by atoms with Gasteiger partial charge in [0.05, 0.1) is 16.5 Å². The van der Waals surface area contributed by atoms with Gasteiger partial charge in [-0.15, -0.1) is 0 Å². The van der Waals surface area contributed by atoms with Gasteiger partial charge in [0.25, 0.3) is 0 Å². The number of halogens is 4. The number of hydrogen-bond acceptors (Lipinski definition) is 6. The summed E-state index contributed by atoms with van der Waals surface area (Å²) < 4.78 is 85.1. The Morgan fingerprint density at radius 1 is 1.06 bits per heavy atom. The minimum atomic E-state index is -4.63. The summed E-state index contributed by atoms with van der Waals surface area (Å²) >= 11 is 0. The number of rotatable bonds is 5. The second-order valence-corrected chi connectivity index (χ2v) is 10.00. The van der Waals surface area contributed by atoms with Gasteiger partial charge in [-0.1, -0.05) is 23.4 Å². The number of aryl methyl sites for hydroxylation is 1. The standard InChI is InChI=1S/C22H22F4N4O3S/c1-14-6-7-16(12-19(14)23)20-27-21(33-28-20)15(2)29-8-10-30(11-9-29)34(31,32)18-5-3-4-17(13-18)22(24,25)26/h3-7,12-13,15H,8-11H2,1-2H3/t15-/m1/s1. The fourth-order valence-corrected chi connectivity index (χ4v) is 5.19. The minimum absolute atomic E-state index is 0.0904. The second kappa shape index (κ2) is 9.08. The second-order valence-electron chi connectivity index (χ2n) is 8.06. The Bertz CT molecular complexity index is 1290. The Morgan fingerprint density at radius 3 is 2.41 bits per heavy atom. The van der Waals surface area contributed by atoms with Crippen molar-refractivity contribution in [3.05, 3.63) is 65.3 Å². The molecule has 1 aliphatic rings. The summed E-state index contributed by atoms with van der Waals surface area (Å²) in [7, 11) is -4.08. The van der Waals surface area contributed by atoms with Gasteiger partial charge in [0, 0.05) is 31.7 Å². The van der Waals surface area contributed by atoms with Gasteiger partial charge >= 0.3 is 6.18 Å². The molecule has 0 aliphatic carbocycles. The molecule has 0 bridgehead atoms. The largest absolute Gasteiger partial charge is 0.416 e. The van der Waals surface area contributed by atoms with Crippen LogP contribution in [0.4, 0.5) is 17.6 Å². The number of hydrogen-bond donors (Lipinski definition) is 0. The average molecular weight is 499 g/mol. The molecule has 0 unspecified atom stereocenters. The van der Waals surface area contributed by atoms with Gasteiger partial charge in [0.1, 0.15) is 5.82 Å². The van der Waals surface area contributed by atoms with Crippen molar-refractivity contribution < 1.29 is 30.5 Å². The topological polar surface area (TPSA) is 79.5 Å². The van der Waals surface area contributed by atoms with Crippen molar-refractivity contribution in [2.45, 2.75) is 31.0 Å². The van der Waals surface area contributed by atoms with E-state index in [2.05, 4.69) is 10.1 Å². The maximum absolute atomic E-state index is 13.9. The predicted molar refractivity (Wildman–Crippen MR) is 115 cm³/mol. The van der Waals surface area contributed by atoms with E-state index < -0.39 is 26.7 Å². The smallest absolute Gasteiger partial charge is 0.337 e. The first kappa shape index (κ1) is 24.3. The maximum Gasteiger partial charge on any atom is 0.416 e. The van der Waals surface area contributed by atoms with Crippen LogP contribution in [-0.2, 0) is 16.2 Å². The molecule has 0 saturated carbocycles. The summed E-state index contributed by atoms with van der Waals surface area (Å²) in [6, 6.07) is 8.03. The first-order chi connectivity index (χ1) is 16.0. The third-order valence-electron chi connectivity index (χ3n) is 5.85. The van der Waals surface area contributed by atoms with E-state index in [1.165, 1.54) is 10.4 Å². The Kier molecular flexibility index (Phi) is 6.49. The summed E-state index contributed by atoms with van der Waals surface area (Å²) in [6.07, 6.45) is -4.63. The molecule has 4 rings (SSSR count). The van der Waals surface area contributed by atoms with Crippen molar-refractivity contribution in [2.75, 3.05) is 26.2 Å². The van der Waals surface area contributed by atoms with E-state index in [9.17, 15) is 26.0 Å². The van der Waals surface area contributed by atoms with Crippen molar-refractivity contribution in [3.8, 4) is 11.4 Å². The first-order valence-electron chi connectivity index (χ1n) is 10.5. The molecule has 12 heteroatoms. The number of sulfonamides is 1. The summed E-state index contributed by atoms with van der Waals surface area (Å²) in [6.45, 7) is 4.28. The molecule has 0 spiro atoms. The van der Waals surface area contributed by atoms with Gasteiger partial charge in [-0.25, -0.2) is 12.8 Å². The van der Waals surface area contributed by atoms with E-state index in [1.807, 2.05) is 11.8 Å². The quantitative estimate of drug-likeness (QED) is 0.489. The van der Waals surface area contributed by atoms with E-state index in [1.54, 1.807) is 19.1 Å². The summed E-state index contributed by atoms with van der Waals surface area (Å²) in [5.74, 6) is 0.159. The number of benzene rings is 2. The molecule has 2 heterocycles. The van der Waals surface area contributed by atoms with Crippen molar-refractivity contribution in [3.63, 3.8) is 0 Å². The molecule has 1 fully saturated rings. The van der Waals surface area contributed by atoms with Gasteiger partial charge in [0.2, 0.25) is 21.7 Å². The van der Waals surface area contributed by atoms with Crippen LogP contribution in [0.5, 0.6) is 0 Å². The van der Waals surface area contributed by atoms with E-state index >= 15 is 0 Å². The highest BCUT2D eigenvalue weighted by molar-refractivity contribution is 7.89. The average Bonchev–Trinajstić information content (AvgIpc) is 3.30. The van der Waals surface area contributed by atoms with Crippen LogP contribution in [0.2, 0.25) is 0 Å². The van der Waals surface area contributed by atoms with Crippen molar-refractivity contribution in [1.29, 1.82) is 0 Å². The van der Waals surface area contributed by atoms with Gasteiger partial charge < -0.3 is 4.52 Å². The highest BCUT2D eigenvalue weighted by atomic mass is 32.2. The van der Waals surface area contributed by atoms with E-state index in [-0.39, 0.29) is 30.8 Å². The molecule has 3 aromatic rings. The summed E-state index contributed by atoms with van der Waals surface area (Å²) in [5, 5.41) is 3.92. The maximum atomic E-state index is 13.9. The Morgan fingerprint density at radius 2 is 1.76 bits per heavy atom. The molecule has 1 aromatic heterocycles. The lowest BCUT2D eigenvalue weighted by Crippen LogP contribution is -2.49. The van der Waals surface area contributed by atoms with Gasteiger partial charge in [-0.3, -0.25) is 4.90 Å². The van der Waals surface area contributed by atoms with Crippen LogP contribution >= 0.6 is 0 Å². The van der Waals surface area contributed by atoms with Crippen molar-refractivity contribution in [1.82, 2.24) is 19.3 Å². The molecule has 34 heavy (non-hydrogen) atoms. The lowest BCUT2D eigenvalue weighted by Gasteiger charge is -2.36. The summed E-state index contributed by atoms with van der Waals surface area (Å²) in [5.41, 5.74) is -0.0393. The van der Waals surface area contributed by atoms with Crippen LogP contribution < -0.4 is 0 Å². The van der Waals surface area contributed by atoms with Crippen LogP contribution in [0.15, 0.2) is 51.9 Å².